The van der Waals surface area contributed by atoms with Gasteiger partial charge in [-0.1, -0.05) is 65.0 Å². The number of aromatic nitrogens is 1. The van der Waals surface area contributed by atoms with E-state index in [1.807, 2.05) is 12.1 Å². The first kappa shape index (κ1) is 32.3. The molecule has 5 aliphatic carbocycles. The highest BCUT2D eigenvalue weighted by atomic mass is 32.1. The number of thiazole rings is 1. The summed E-state index contributed by atoms with van der Waals surface area (Å²) in [6.45, 7) is 23.0. The fourth-order valence-electron chi connectivity index (χ4n) is 13.1. The van der Waals surface area contributed by atoms with E-state index in [0.29, 0.717) is 46.0 Å². The van der Waals surface area contributed by atoms with Crippen LogP contribution in [-0.2, 0) is 6.54 Å². The summed E-state index contributed by atoms with van der Waals surface area (Å²) in [6.07, 6.45) is 14.0. The number of aryl methyl sites for hydroxylation is 1. The molecular weight excluding hydrogens is 585 g/mol. The Morgan fingerprint density at radius 2 is 1.72 bits per heavy atom. The third-order valence-corrected chi connectivity index (χ3v) is 16.2. The SMILES string of the molecule is C=C(C)C1CCC2(NCc3csc(C)n3)CCC3(C)C(CCC4C5(C)CC=C(c6ccc(C(=O)O)cc6)C(C)(C)C5CCC43C)C12. The molecule has 4 nitrogen and oxygen atoms in total. The second-order valence-electron chi connectivity index (χ2n) is 17.5. The average molecular weight is 641 g/mol. The lowest BCUT2D eigenvalue weighted by atomic mass is 9.33. The van der Waals surface area contributed by atoms with Crippen LogP contribution in [0.4, 0.5) is 0 Å². The minimum atomic E-state index is -0.857. The number of fused-ring (bicyclic) bond motifs is 7. The average Bonchev–Trinajstić information content (AvgIpc) is 3.60. The number of nitrogens with one attached hydrogen (secondary N) is 1. The van der Waals surface area contributed by atoms with E-state index in [1.54, 1.807) is 23.5 Å². The molecule has 2 N–H and O–H groups in total. The van der Waals surface area contributed by atoms with Crippen LogP contribution in [0, 0.1) is 58.2 Å². The Bertz CT molecular complexity index is 1570. The van der Waals surface area contributed by atoms with Gasteiger partial charge in [0.25, 0.3) is 0 Å². The Morgan fingerprint density at radius 1 is 0.978 bits per heavy atom. The molecule has 0 aliphatic heterocycles. The van der Waals surface area contributed by atoms with Crippen LogP contribution in [0.2, 0.25) is 0 Å². The van der Waals surface area contributed by atoms with Gasteiger partial charge in [0, 0.05) is 17.5 Å². The molecule has 46 heavy (non-hydrogen) atoms. The number of carboxylic acids is 1. The molecule has 9 unspecified atom stereocenters. The molecule has 1 aromatic carbocycles. The van der Waals surface area contributed by atoms with Crippen LogP contribution in [0.3, 0.4) is 0 Å². The molecule has 9 atom stereocenters. The maximum absolute atomic E-state index is 11.5. The topological polar surface area (TPSA) is 62.2 Å². The highest BCUT2D eigenvalue weighted by Crippen LogP contribution is 2.76. The van der Waals surface area contributed by atoms with E-state index in [9.17, 15) is 9.90 Å². The van der Waals surface area contributed by atoms with E-state index in [4.69, 9.17) is 4.98 Å². The summed E-state index contributed by atoms with van der Waals surface area (Å²) in [7, 11) is 0. The fraction of sp³-hybridized carbons (Fsp3) is 0.659. The zero-order valence-electron chi connectivity index (χ0n) is 29.3. The van der Waals surface area contributed by atoms with Crippen molar-refractivity contribution in [3.8, 4) is 0 Å². The molecule has 5 aliphatic rings. The smallest absolute Gasteiger partial charge is 0.335 e. The number of aromatic carboxylic acids is 1. The fourth-order valence-corrected chi connectivity index (χ4v) is 13.7. The van der Waals surface area contributed by atoms with Crippen molar-refractivity contribution in [3.63, 3.8) is 0 Å². The second-order valence-corrected chi connectivity index (χ2v) is 18.5. The number of hydrogen-bond donors (Lipinski definition) is 2. The number of benzene rings is 1. The van der Waals surface area contributed by atoms with Gasteiger partial charge in [0.2, 0.25) is 0 Å². The molecule has 5 heteroatoms. The van der Waals surface area contributed by atoms with Gasteiger partial charge in [0.1, 0.15) is 0 Å². The van der Waals surface area contributed by atoms with Crippen molar-refractivity contribution in [2.45, 2.75) is 118 Å². The highest BCUT2D eigenvalue weighted by molar-refractivity contribution is 7.09. The third kappa shape index (κ3) is 4.53. The van der Waals surface area contributed by atoms with Crippen molar-refractivity contribution in [1.82, 2.24) is 10.3 Å². The van der Waals surface area contributed by atoms with Gasteiger partial charge in [-0.2, -0.15) is 0 Å². The lowest BCUT2D eigenvalue weighted by molar-refractivity contribution is -0.219. The quantitative estimate of drug-likeness (QED) is 0.309. The van der Waals surface area contributed by atoms with Gasteiger partial charge >= 0.3 is 5.97 Å². The van der Waals surface area contributed by atoms with E-state index in [1.165, 1.54) is 73.8 Å². The number of carbonyl (C=O) groups is 1. The zero-order valence-corrected chi connectivity index (χ0v) is 30.2. The summed E-state index contributed by atoms with van der Waals surface area (Å²) >= 11 is 1.77. The number of hydrogen-bond acceptors (Lipinski definition) is 4. The normalized spacial score (nSPS) is 41.0. The van der Waals surface area contributed by atoms with Crippen LogP contribution in [0.15, 0.2) is 47.9 Å². The van der Waals surface area contributed by atoms with Gasteiger partial charge in [-0.05, 0) is 146 Å². The lowest BCUT2D eigenvalue weighted by Gasteiger charge is -2.72. The molecule has 1 aromatic heterocycles. The maximum atomic E-state index is 11.5. The largest absolute Gasteiger partial charge is 0.478 e. The first-order valence-corrected chi connectivity index (χ1v) is 18.9. The summed E-state index contributed by atoms with van der Waals surface area (Å²) in [5.41, 5.74) is 6.68. The Morgan fingerprint density at radius 3 is 2.37 bits per heavy atom. The van der Waals surface area contributed by atoms with Crippen molar-refractivity contribution in [1.29, 1.82) is 0 Å². The van der Waals surface area contributed by atoms with Crippen LogP contribution in [0.1, 0.15) is 126 Å². The van der Waals surface area contributed by atoms with Crippen molar-refractivity contribution >= 4 is 22.9 Å². The molecule has 7 rings (SSSR count). The summed E-state index contributed by atoms with van der Waals surface area (Å²) in [6, 6.07) is 7.63. The molecule has 0 saturated heterocycles. The Kier molecular flexibility index (Phi) is 7.65. The van der Waals surface area contributed by atoms with Crippen molar-refractivity contribution in [3.05, 3.63) is 69.7 Å². The van der Waals surface area contributed by atoms with E-state index in [0.717, 1.165) is 18.0 Å². The molecule has 0 spiro atoms. The summed E-state index contributed by atoms with van der Waals surface area (Å²) in [5, 5.41) is 17.1. The first-order valence-electron chi connectivity index (χ1n) is 18.0. The van der Waals surface area contributed by atoms with Gasteiger partial charge in [-0.15, -0.1) is 11.3 Å². The minimum absolute atomic E-state index is 0.0347. The molecule has 0 bridgehead atoms. The molecular formula is C41H56N2O2S. The molecule has 4 saturated carbocycles. The van der Waals surface area contributed by atoms with E-state index >= 15 is 0 Å². The predicted octanol–water partition coefficient (Wildman–Crippen LogP) is 10.3. The van der Waals surface area contributed by atoms with Crippen LogP contribution in [0.5, 0.6) is 0 Å². The number of rotatable bonds is 6. The van der Waals surface area contributed by atoms with Gasteiger partial charge in [0.15, 0.2) is 0 Å². The lowest BCUT2D eigenvalue weighted by Crippen LogP contribution is -2.67. The van der Waals surface area contributed by atoms with Crippen LogP contribution < -0.4 is 5.32 Å². The predicted molar refractivity (Wildman–Crippen MR) is 190 cm³/mol. The zero-order chi connectivity index (χ0) is 32.9. The molecule has 248 valence electrons. The second kappa shape index (κ2) is 10.9. The van der Waals surface area contributed by atoms with E-state index in [-0.39, 0.29) is 16.4 Å². The Balaban J connectivity index is 1.21. The standard InChI is InChI=1S/C41H56N2O2S/c1-25(2)30-15-20-41(42-23-29-24-46-26(3)43-29)22-21-39(7)32(35(30)41)13-14-34-38(6)18-16-31(27-9-11-28(12-10-27)36(44)45)37(4,5)33(38)17-19-40(34,39)8/h9-12,16,24,30,32-35,42H,1,13-15,17-23H2,2-8H3,(H,44,45). The monoisotopic (exact) mass is 640 g/mol. The molecule has 2 aromatic rings. The van der Waals surface area contributed by atoms with Gasteiger partial charge in [0.05, 0.1) is 16.3 Å². The van der Waals surface area contributed by atoms with Crippen molar-refractivity contribution < 1.29 is 9.90 Å². The number of nitrogens with zero attached hydrogens (tertiary/aromatic N) is 1. The van der Waals surface area contributed by atoms with Crippen LogP contribution in [0.25, 0.3) is 5.57 Å². The maximum Gasteiger partial charge on any atom is 0.335 e. The highest BCUT2D eigenvalue weighted by Gasteiger charge is 2.70. The molecule has 1 heterocycles. The van der Waals surface area contributed by atoms with Gasteiger partial charge < -0.3 is 10.4 Å². The Labute approximate surface area is 281 Å². The third-order valence-electron chi connectivity index (χ3n) is 15.4. The van der Waals surface area contributed by atoms with Crippen LogP contribution in [-0.4, -0.2) is 21.6 Å². The summed E-state index contributed by atoms with van der Waals surface area (Å²) < 4.78 is 0. The molecule has 4 fully saturated rings. The molecule has 0 amide bonds. The minimum Gasteiger partial charge on any atom is -0.478 e. The number of carboxylic acid groups (broad SMARTS) is 1. The summed E-state index contributed by atoms with van der Waals surface area (Å²) in [5.74, 6) is 2.42. The van der Waals surface area contributed by atoms with E-state index in [2.05, 4.69) is 71.8 Å². The Hall–Kier alpha value is -2.24. The van der Waals surface area contributed by atoms with Gasteiger partial charge in [-0.3, -0.25) is 0 Å². The van der Waals surface area contributed by atoms with Crippen molar-refractivity contribution in [2.75, 3.05) is 0 Å². The molecule has 0 radical (unpaired) electrons. The number of allylic oxidation sites excluding steroid dienone is 3. The summed E-state index contributed by atoms with van der Waals surface area (Å²) in [4.78, 5) is 16.4. The van der Waals surface area contributed by atoms with Crippen molar-refractivity contribution in [2.24, 2.45) is 51.2 Å². The first-order chi connectivity index (χ1) is 21.7. The van der Waals surface area contributed by atoms with E-state index < -0.39 is 5.97 Å². The van der Waals surface area contributed by atoms with Gasteiger partial charge in [-0.25, -0.2) is 9.78 Å². The van der Waals surface area contributed by atoms with Crippen LogP contribution >= 0.6 is 11.3 Å².